The lowest BCUT2D eigenvalue weighted by Gasteiger charge is -2.13. The Morgan fingerprint density at radius 3 is 1.69 bits per heavy atom. The lowest BCUT2D eigenvalue weighted by atomic mass is 9.97. The average molecular weight is 856 g/mol. The van der Waals surface area contributed by atoms with Crippen molar-refractivity contribution in [1.29, 1.82) is 0 Å². The van der Waals surface area contributed by atoms with Gasteiger partial charge in [-0.25, -0.2) is 4.98 Å². The molecule has 6 nitrogen and oxygen atoms in total. The molecule has 0 fully saturated rings. The van der Waals surface area contributed by atoms with Crippen LogP contribution in [0.5, 0.6) is 0 Å². The number of hydrogen-bond acceptors (Lipinski definition) is 4. The van der Waals surface area contributed by atoms with E-state index in [0.29, 0.717) is 17.6 Å². The number of para-hydroxylation sites is 3. The molecule has 0 N–H and O–H groups in total. The second-order valence-electron chi connectivity index (χ2n) is 17.2. The monoisotopic (exact) mass is 855 g/mol. The summed E-state index contributed by atoms with van der Waals surface area (Å²) in [7, 11) is 0. The minimum atomic E-state index is 0.553. The van der Waals surface area contributed by atoms with Crippen molar-refractivity contribution in [2.24, 2.45) is 0 Å². The summed E-state index contributed by atoms with van der Waals surface area (Å²) in [5, 5.41) is 9.01. The Morgan fingerprint density at radius 2 is 0.910 bits per heavy atom. The van der Waals surface area contributed by atoms with Gasteiger partial charge in [-0.1, -0.05) is 170 Å². The molecule has 10 aromatic carbocycles. The van der Waals surface area contributed by atoms with Gasteiger partial charge in [-0.05, 0) is 82.1 Å². The van der Waals surface area contributed by atoms with E-state index in [4.69, 9.17) is 19.4 Å². The molecular formula is C61H37N5O. The number of furan rings is 1. The van der Waals surface area contributed by atoms with Gasteiger partial charge in [0.25, 0.3) is 0 Å². The summed E-state index contributed by atoms with van der Waals surface area (Å²) >= 11 is 0. The standard InChI is InChI=1S/C61H37N5O/c1-3-16-38(17-4-1)42-22-15-23-43(32-42)49-34-45(35-52-48-26-11-14-29-57(48)67-58(49)52)65-53-27-12-9-24-46(53)50-36-51-47-25-10-13-28-54(47)66(56(51)37-55(50)65)61-63-59(40-19-5-2-6-20-40)62-60(64-61)44-31-30-39-18-7-8-21-41(39)33-44/h1-37H. The van der Waals surface area contributed by atoms with E-state index >= 15 is 0 Å². The molecule has 6 heteroatoms. The van der Waals surface area contributed by atoms with Crippen molar-refractivity contribution < 1.29 is 4.42 Å². The van der Waals surface area contributed by atoms with Gasteiger partial charge >= 0.3 is 0 Å². The first-order chi connectivity index (χ1) is 33.2. The molecule has 4 aromatic heterocycles. The lowest BCUT2D eigenvalue weighted by molar-refractivity contribution is 0.670. The number of fused-ring (bicyclic) bond motifs is 10. The Balaban J connectivity index is 1.05. The van der Waals surface area contributed by atoms with E-state index in [1.807, 2.05) is 24.3 Å². The third kappa shape index (κ3) is 5.93. The Hall–Kier alpha value is -9.13. The van der Waals surface area contributed by atoms with Crippen LogP contribution >= 0.6 is 0 Å². The van der Waals surface area contributed by atoms with Gasteiger partial charge in [0.2, 0.25) is 5.95 Å². The van der Waals surface area contributed by atoms with Crippen LogP contribution in [0.2, 0.25) is 0 Å². The molecule has 4 heterocycles. The van der Waals surface area contributed by atoms with Crippen molar-refractivity contribution in [2.75, 3.05) is 0 Å². The highest BCUT2D eigenvalue weighted by atomic mass is 16.3. The maximum absolute atomic E-state index is 6.76. The summed E-state index contributed by atoms with van der Waals surface area (Å²) in [5.41, 5.74) is 13.2. The second kappa shape index (κ2) is 14.7. The molecule has 0 bridgehead atoms. The van der Waals surface area contributed by atoms with Gasteiger partial charge in [0.05, 0.1) is 22.1 Å². The Labute approximate surface area is 384 Å². The molecule has 67 heavy (non-hydrogen) atoms. The second-order valence-corrected chi connectivity index (χ2v) is 17.2. The van der Waals surface area contributed by atoms with E-state index in [9.17, 15) is 0 Å². The van der Waals surface area contributed by atoms with Crippen molar-refractivity contribution in [2.45, 2.75) is 0 Å². The summed E-state index contributed by atoms with van der Waals surface area (Å²) in [5.74, 6) is 1.77. The molecule has 0 saturated carbocycles. The molecule has 14 aromatic rings. The predicted molar refractivity (Wildman–Crippen MR) is 275 cm³/mol. The molecule has 0 radical (unpaired) electrons. The highest BCUT2D eigenvalue weighted by Gasteiger charge is 2.23. The normalized spacial score (nSPS) is 11.9. The minimum Gasteiger partial charge on any atom is -0.455 e. The highest BCUT2D eigenvalue weighted by molar-refractivity contribution is 6.19. The molecule has 0 unspecified atom stereocenters. The quantitative estimate of drug-likeness (QED) is 0.167. The molecular weight excluding hydrogens is 819 g/mol. The Morgan fingerprint density at radius 1 is 0.313 bits per heavy atom. The number of benzene rings is 10. The molecule has 14 rings (SSSR count). The van der Waals surface area contributed by atoms with Crippen LogP contribution in [0.4, 0.5) is 0 Å². The van der Waals surface area contributed by atoms with Gasteiger partial charge in [0.15, 0.2) is 11.6 Å². The molecule has 0 spiro atoms. The highest BCUT2D eigenvalue weighted by Crippen LogP contribution is 2.43. The number of hydrogen-bond donors (Lipinski definition) is 0. The maximum atomic E-state index is 6.76. The van der Waals surface area contributed by atoms with Crippen LogP contribution in [0.25, 0.3) is 133 Å². The third-order valence-electron chi connectivity index (χ3n) is 13.3. The van der Waals surface area contributed by atoms with Gasteiger partial charge in [0, 0.05) is 54.7 Å². The van der Waals surface area contributed by atoms with Crippen LogP contribution in [-0.4, -0.2) is 24.1 Å². The zero-order valence-electron chi connectivity index (χ0n) is 36.0. The molecule has 0 aliphatic heterocycles. The van der Waals surface area contributed by atoms with Gasteiger partial charge in [-0.15, -0.1) is 0 Å². The van der Waals surface area contributed by atoms with E-state index in [2.05, 4.69) is 209 Å². The van der Waals surface area contributed by atoms with Crippen LogP contribution in [0.1, 0.15) is 0 Å². The molecule has 0 saturated heterocycles. The number of nitrogens with zero attached hydrogens (tertiary/aromatic N) is 5. The molecule has 0 aliphatic rings. The van der Waals surface area contributed by atoms with Crippen LogP contribution in [0.15, 0.2) is 229 Å². The number of rotatable bonds is 6. The summed E-state index contributed by atoms with van der Waals surface area (Å²) < 4.78 is 11.4. The summed E-state index contributed by atoms with van der Waals surface area (Å²) in [6.45, 7) is 0. The zero-order chi connectivity index (χ0) is 44.0. The largest absolute Gasteiger partial charge is 0.455 e. The SMILES string of the molecule is c1ccc(-c2cccc(-c3cc(-n4c5ccccc5c5cc6c7ccccc7n(-c7nc(-c8ccccc8)nc(-c8ccc9ccccc9c8)n7)c6cc54)cc4c3oc3ccccc34)c2)cc1. The Kier molecular flexibility index (Phi) is 8.18. The summed E-state index contributed by atoms with van der Waals surface area (Å²) in [6.07, 6.45) is 0. The lowest BCUT2D eigenvalue weighted by Crippen LogP contribution is -2.06. The molecule has 312 valence electrons. The summed E-state index contributed by atoms with van der Waals surface area (Å²) in [6, 6.07) is 79.3. The maximum Gasteiger partial charge on any atom is 0.238 e. The molecule has 0 atom stereocenters. The third-order valence-corrected chi connectivity index (χ3v) is 13.3. The smallest absolute Gasteiger partial charge is 0.238 e. The van der Waals surface area contributed by atoms with Crippen LogP contribution in [-0.2, 0) is 0 Å². The predicted octanol–water partition coefficient (Wildman–Crippen LogP) is 15.8. The topological polar surface area (TPSA) is 61.7 Å². The van der Waals surface area contributed by atoms with Gasteiger partial charge < -0.3 is 8.98 Å². The van der Waals surface area contributed by atoms with Crippen molar-refractivity contribution in [3.05, 3.63) is 224 Å². The summed E-state index contributed by atoms with van der Waals surface area (Å²) in [4.78, 5) is 15.8. The van der Waals surface area contributed by atoms with Crippen LogP contribution < -0.4 is 0 Å². The van der Waals surface area contributed by atoms with E-state index < -0.39 is 0 Å². The first-order valence-corrected chi connectivity index (χ1v) is 22.6. The zero-order valence-corrected chi connectivity index (χ0v) is 36.0. The fraction of sp³-hybridized carbons (Fsp3) is 0. The van der Waals surface area contributed by atoms with Gasteiger partial charge in [-0.2, -0.15) is 9.97 Å². The van der Waals surface area contributed by atoms with Crippen LogP contribution in [0.3, 0.4) is 0 Å². The van der Waals surface area contributed by atoms with E-state index in [1.165, 1.54) is 16.3 Å². The first-order valence-electron chi connectivity index (χ1n) is 22.6. The number of aromatic nitrogens is 5. The van der Waals surface area contributed by atoms with Crippen LogP contribution in [0, 0.1) is 0 Å². The van der Waals surface area contributed by atoms with Crippen molar-refractivity contribution in [1.82, 2.24) is 24.1 Å². The molecule has 0 aliphatic carbocycles. The van der Waals surface area contributed by atoms with E-state index in [-0.39, 0.29) is 0 Å². The Bertz CT molecular complexity index is 4280. The average Bonchev–Trinajstić information content (AvgIpc) is 4.05. The van der Waals surface area contributed by atoms with E-state index in [0.717, 1.165) is 99.1 Å². The van der Waals surface area contributed by atoms with E-state index in [1.54, 1.807) is 0 Å². The van der Waals surface area contributed by atoms with Gasteiger partial charge in [0.1, 0.15) is 11.2 Å². The van der Waals surface area contributed by atoms with Crippen molar-refractivity contribution >= 4 is 76.3 Å². The first kappa shape index (κ1) is 37.3. The van der Waals surface area contributed by atoms with Crippen molar-refractivity contribution in [3.8, 4) is 56.7 Å². The molecule has 0 amide bonds. The minimum absolute atomic E-state index is 0.553. The fourth-order valence-corrected chi connectivity index (χ4v) is 10.2. The van der Waals surface area contributed by atoms with Crippen molar-refractivity contribution in [3.63, 3.8) is 0 Å². The van der Waals surface area contributed by atoms with Gasteiger partial charge in [-0.3, -0.25) is 4.57 Å². The fourth-order valence-electron chi connectivity index (χ4n) is 10.2.